The van der Waals surface area contributed by atoms with Gasteiger partial charge in [-0.05, 0) is 31.4 Å². The lowest BCUT2D eigenvalue weighted by Crippen LogP contribution is -1.95. The van der Waals surface area contributed by atoms with Gasteiger partial charge in [0.05, 0.1) is 12.1 Å². The van der Waals surface area contributed by atoms with Crippen LogP contribution in [0.1, 0.15) is 17.5 Å². The van der Waals surface area contributed by atoms with Crippen LogP contribution in [0.15, 0.2) is 6.07 Å². The van der Waals surface area contributed by atoms with Crippen molar-refractivity contribution >= 4 is 11.6 Å². The van der Waals surface area contributed by atoms with Crippen molar-refractivity contribution in [2.24, 2.45) is 0 Å². The third-order valence-corrected chi connectivity index (χ3v) is 2.61. The number of phenols is 1. The lowest BCUT2D eigenvalue weighted by atomic mass is 10.0. The maximum absolute atomic E-state index is 9.84. The molecule has 1 rings (SSSR count). The fraction of sp³-hybridized carbons (Fsp3) is 0.455. The summed E-state index contributed by atoms with van der Waals surface area (Å²) in [7, 11) is 1.51. The van der Waals surface area contributed by atoms with E-state index in [2.05, 4.69) is 0 Å². The first-order chi connectivity index (χ1) is 7.11. The number of phenolic OH excluding ortho intramolecular Hbond substituents is 1. The number of hydrogen-bond acceptors (Lipinski definition) is 3. The molecule has 0 fully saturated rings. The van der Waals surface area contributed by atoms with Crippen LogP contribution in [-0.2, 0) is 6.42 Å². The Morgan fingerprint density at radius 2 is 2.13 bits per heavy atom. The molecule has 2 N–H and O–H groups in total. The van der Waals surface area contributed by atoms with Crippen LogP contribution in [0.3, 0.4) is 0 Å². The summed E-state index contributed by atoms with van der Waals surface area (Å²) in [4.78, 5) is 0. The second-order valence-corrected chi connectivity index (χ2v) is 3.76. The van der Waals surface area contributed by atoms with Gasteiger partial charge in [0.15, 0.2) is 0 Å². The normalized spacial score (nSPS) is 10.4. The Hall–Kier alpha value is -0.930. The van der Waals surface area contributed by atoms with Crippen LogP contribution in [0.2, 0.25) is 5.02 Å². The molecule has 0 aliphatic heterocycles. The average molecular weight is 231 g/mol. The van der Waals surface area contributed by atoms with Crippen LogP contribution in [0.4, 0.5) is 0 Å². The molecule has 0 heterocycles. The van der Waals surface area contributed by atoms with Gasteiger partial charge in [0.2, 0.25) is 0 Å². The van der Waals surface area contributed by atoms with E-state index >= 15 is 0 Å². The maximum atomic E-state index is 9.84. The third kappa shape index (κ3) is 2.55. The number of hydrogen-bond donors (Lipinski definition) is 2. The third-order valence-electron chi connectivity index (χ3n) is 2.33. The Kier molecular flexibility index (Phi) is 4.24. The molecule has 1 aromatic carbocycles. The smallest absolute Gasteiger partial charge is 0.144 e. The van der Waals surface area contributed by atoms with E-state index in [4.69, 9.17) is 21.4 Å². The van der Waals surface area contributed by atoms with E-state index in [0.717, 1.165) is 5.56 Å². The first-order valence-electron chi connectivity index (χ1n) is 4.77. The number of aryl methyl sites for hydroxylation is 1. The van der Waals surface area contributed by atoms with E-state index in [9.17, 15) is 5.11 Å². The van der Waals surface area contributed by atoms with Gasteiger partial charge in [0.1, 0.15) is 11.5 Å². The van der Waals surface area contributed by atoms with Gasteiger partial charge < -0.3 is 14.9 Å². The summed E-state index contributed by atoms with van der Waals surface area (Å²) in [5.74, 6) is 0.701. The van der Waals surface area contributed by atoms with Gasteiger partial charge in [0, 0.05) is 12.2 Å². The SMILES string of the molecule is COc1c(Cl)cc(CCCO)c(O)c1C. The minimum Gasteiger partial charge on any atom is -0.507 e. The zero-order chi connectivity index (χ0) is 11.4. The lowest BCUT2D eigenvalue weighted by Gasteiger charge is -2.12. The topological polar surface area (TPSA) is 49.7 Å². The minimum atomic E-state index is 0.0993. The van der Waals surface area contributed by atoms with Crippen molar-refractivity contribution in [3.8, 4) is 11.5 Å². The van der Waals surface area contributed by atoms with Gasteiger partial charge in [-0.3, -0.25) is 0 Å². The fourth-order valence-electron chi connectivity index (χ4n) is 1.53. The highest BCUT2D eigenvalue weighted by Crippen LogP contribution is 2.37. The number of aliphatic hydroxyl groups is 1. The van der Waals surface area contributed by atoms with Crippen molar-refractivity contribution in [3.05, 3.63) is 22.2 Å². The Labute approximate surface area is 94.3 Å². The molecule has 15 heavy (non-hydrogen) atoms. The molecule has 1 aromatic rings. The van der Waals surface area contributed by atoms with Crippen LogP contribution in [0, 0.1) is 6.92 Å². The van der Waals surface area contributed by atoms with Gasteiger partial charge >= 0.3 is 0 Å². The van der Waals surface area contributed by atoms with Crippen molar-refractivity contribution in [2.75, 3.05) is 13.7 Å². The molecule has 0 amide bonds. The second-order valence-electron chi connectivity index (χ2n) is 3.35. The summed E-state index contributed by atoms with van der Waals surface area (Å²) < 4.78 is 5.07. The molecule has 0 saturated carbocycles. The number of methoxy groups -OCH3 is 1. The highest BCUT2D eigenvalue weighted by Gasteiger charge is 2.13. The van der Waals surface area contributed by atoms with Gasteiger partial charge in [-0.2, -0.15) is 0 Å². The molecule has 0 radical (unpaired) electrons. The number of rotatable bonds is 4. The summed E-state index contributed by atoms with van der Waals surface area (Å²) in [5.41, 5.74) is 1.38. The van der Waals surface area contributed by atoms with Crippen molar-refractivity contribution in [3.63, 3.8) is 0 Å². The molecule has 3 nitrogen and oxygen atoms in total. The van der Waals surface area contributed by atoms with E-state index in [0.29, 0.717) is 29.2 Å². The number of aliphatic hydroxyl groups excluding tert-OH is 1. The zero-order valence-electron chi connectivity index (χ0n) is 8.88. The molecule has 0 spiro atoms. The molecule has 0 atom stereocenters. The molecule has 0 aromatic heterocycles. The van der Waals surface area contributed by atoms with Gasteiger partial charge in [-0.25, -0.2) is 0 Å². The number of benzene rings is 1. The fourth-order valence-corrected chi connectivity index (χ4v) is 1.88. The zero-order valence-corrected chi connectivity index (χ0v) is 9.64. The Balaban J connectivity index is 3.10. The first-order valence-corrected chi connectivity index (χ1v) is 5.15. The monoisotopic (exact) mass is 230 g/mol. The van der Waals surface area contributed by atoms with Crippen LogP contribution in [0.25, 0.3) is 0 Å². The van der Waals surface area contributed by atoms with Crippen molar-refractivity contribution < 1.29 is 14.9 Å². The van der Waals surface area contributed by atoms with Crippen LogP contribution in [0.5, 0.6) is 11.5 Å². The summed E-state index contributed by atoms with van der Waals surface area (Å²) >= 11 is 5.99. The van der Waals surface area contributed by atoms with E-state index in [-0.39, 0.29) is 12.4 Å². The molecule has 0 aliphatic carbocycles. The van der Waals surface area contributed by atoms with Crippen LogP contribution in [-0.4, -0.2) is 23.9 Å². The minimum absolute atomic E-state index is 0.0993. The molecule has 0 aliphatic rings. The predicted molar refractivity (Wildman–Crippen MR) is 59.8 cm³/mol. The summed E-state index contributed by atoms with van der Waals surface area (Å²) in [6, 6.07) is 1.68. The summed E-state index contributed by atoms with van der Waals surface area (Å²) in [6.45, 7) is 1.85. The summed E-state index contributed by atoms with van der Waals surface area (Å²) in [6.07, 6.45) is 1.21. The number of ether oxygens (including phenoxy) is 1. The highest BCUT2D eigenvalue weighted by molar-refractivity contribution is 6.32. The van der Waals surface area contributed by atoms with E-state index in [1.807, 2.05) is 0 Å². The quantitative estimate of drug-likeness (QED) is 0.835. The maximum Gasteiger partial charge on any atom is 0.144 e. The lowest BCUT2D eigenvalue weighted by molar-refractivity contribution is 0.288. The standard InChI is InChI=1S/C11H15ClO3/c1-7-10(14)8(4-3-5-13)6-9(12)11(7)15-2/h6,13-14H,3-5H2,1-2H3. The van der Waals surface area contributed by atoms with Gasteiger partial charge in [0.25, 0.3) is 0 Å². The van der Waals surface area contributed by atoms with E-state index < -0.39 is 0 Å². The van der Waals surface area contributed by atoms with Gasteiger partial charge in [-0.1, -0.05) is 11.6 Å². The molecule has 84 valence electrons. The average Bonchev–Trinajstić information content (AvgIpc) is 2.22. The van der Waals surface area contributed by atoms with E-state index in [1.54, 1.807) is 13.0 Å². The van der Waals surface area contributed by atoms with Crippen LogP contribution >= 0.6 is 11.6 Å². The second kappa shape index (κ2) is 5.24. The Bertz CT molecular complexity index is 350. The Morgan fingerprint density at radius 3 is 2.67 bits per heavy atom. The molecular formula is C11H15ClO3. The van der Waals surface area contributed by atoms with Crippen LogP contribution < -0.4 is 4.74 Å². The molecular weight excluding hydrogens is 216 g/mol. The summed E-state index contributed by atoms with van der Waals surface area (Å²) in [5, 5.41) is 19.0. The molecule has 0 saturated heterocycles. The van der Waals surface area contributed by atoms with Gasteiger partial charge in [-0.15, -0.1) is 0 Å². The molecule has 0 unspecified atom stereocenters. The highest BCUT2D eigenvalue weighted by atomic mass is 35.5. The molecule has 0 bridgehead atoms. The number of halogens is 1. The number of aromatic hydroxyl groups is 1. The predicted octanol–water partition coefficient (Wildman–Crippen LogP) is 2.29. The van der Waals surface area contributed by atoms with Crippen molar-refractivity contribution in [1.82, 2.24) is 0 Å². The first kappa shape index (κ1) is 12.1. The van der Waals surface area contributed by atoms with E-state index in [1.165, 1.54) is 7.11 Å². The molecule has 4 heteroatoms. The van der Waals surface area contributed by atoms with Crippen molar-refractivity contribution in [2.45, 2.75) is 19.8 Å². The Morgan fingerprint density at radius 1 is 1.47 bits per heavy atom. The van der Waals surface area contributed by atoms with Crippen molar-refractivity contribution in [1.29, 1.82) is 0 Å². The largest absolute Gasteiger partial charge is 0.507 e.